The maximum atomic E-state index is 9.50. The summed E-state index contributed by atoms with van der Waals surface area (Å²) in [6.45, 7) is 1.07. The number of rotatable bonds is 2. The molecule has 1 saturated heterocycles. The largest absolute Gasteiger partial charge is 0.390 e. The first kappa shape index (κ1) is 8.65. The highest BCUT2D eigenvalue weighted by Crippen LogP contribution is 2.17. The summed E-state index contributed by atoms with van der Waals surface area (Å²) in [6.07, 6.45) is 2.05. The van der Waals surface area contributed by atoms with Crippen LogP contribution in [-0.4, -0.2) is 39.2 Å². The fraction of sp³-hybridized carbons (Fsp3) is 0.750. The van der Waals surface area contributed by atoms with E-state index < -0.39 is 0 Å². The van der Waals surface area contributed by atoms with E-state index in [0.29, 0.717) is 13.2 Å². The van der Waals surface area contributed by atoms with Gasteiger partial charge in [-0.1, -0.05) is 0 Å². The van der Waals surface area contributed by atoms with E-state index in [4.69, 9.17) is 4.74 Å². The summed E-state index contributed by atoms with van der Waals surface area (Å²) in [5, 5.41) is 17.2. The lowest BCUT2D eigenvalue weighted by molar-refractivity contribution is 0.118. The zero-order valence-corrected chi connectivity index (χ0v) is 7.55. The average molecular weight is 183 g/mol. The molecule has 72 valence electrons. The summed E-state index contributed by atoms with van der Waals surface area (Å²) < 4.78 is 7.02. The summed E-state index contributed by atoms with van der Waals surface area (Å²) in [4.78, 5) is 0. The summed E-state index contributed by atoms with van der Waals surface area (Å²) in [5.41, 5.74) is 0. The molecule has 1 aliphatic heterocycles. The molecule has 1 fully saturated rings. The van der Waals surface area contributed by atoms with Crippen molar-refractivity contribution in [2.24, 2.45) is 13.0 Å². The van der Waals surface area contributed by atoms with Crippen LogP contribution in [0.4, 0.5) is 0 Å². The van der Waals surface area contributed by atoms with Crippen molar-refractivity contribution in [2.75, 3.05) is 13.2 Å². The van der Waals surface area contributed by atoms with Gasteiger partial charge in [0.15, 0.2) is 0 Å². The van der Waals surface area contributed by atoms with Crippen LogP contribution >= 0.6 is 0 Å². The molecular weight excluding hydrogens is 170 g/mol. The Bertz CT molecular complexity index is 287. The molecule has 2 heterocycles. The van der Waals surface area contributed by atoms with Crippen molar-refractivity contribution in [1.82, 2.24) is 14.8 Å². The lowest BCUT2D eigenvalue weighted by atomic mass is 10.0. The highest BCUT2D eigenvalue weighted by atomic mass is 16.5. The molecule has 0 aliphatic carbocycles. The van der Waals surface area contributed by atoms with Crippen LogP contribution in [-0.2, 0) is 18.2 Å². The third kappa shape index (κ3) is 1.71. The number of aliphatic hydroxyl groups is 1. The Labute approximate surface area is 76.3 Å². The van der Waals surface area contributed by atoms with Crippen LogP contribution in [0, 0.1) is 5.92 Å². The van der Waals surface area contributed by atoms with E-state index in [1.807, 2.05) is 11.6 Å². The van der Waals surface area contributed by atoms with E-state index in [0.717, 1.165) is 12.2 Å². The van der Waals surface area contributed by atoms with Gasteiger partial charge < -0.3 is 14.4 Å². The minimum absolute atomic E-state index is 0.169. The molecule has 0 bridgehead atoms. The second-order valence-electron chi connectivity index (χ2n) is 3.43. The van der Waals surface area contributed by atoms with Crippen molar-refractivity contribution in [3.8, 4) is 0 Å². The Balaban J connectivity index is 2.01. The van der Waals surface area contributed by atoms with Crippen LogP contribution in [0.2, 0.25) is 0 Å². The van der Waals surface area contributed by atoms with Crippen molar-refractivity contribution >= 4 is 0 Å². The molecule has 13 heavy (non-hydrogen) atoms. The van der Waals surface area contributed by atoms with Crippen LogP contribution < -0.4 is 0 Å². The van der Waals surface area contributed by atoms with Gasteiger partial charge in [-0.15, -0.1) is 10.2 Å². The lowest BCUT2D eigenvalue weighted by Gasteiger charge is -2.10. The van der Waals surface area contributed by atoms with Crippen LogP contribution in [0.15, 0.2) is 6.33 Å². The van der Waals surface area contributed by atoms with Crippen LogP contribution in [0.25, 0.3) is 0 Å². The van der Waals surface area contributed by atoms with Crippen LogP contribution in [0.3, 0.4) is 0 Å². The van der Waals surface area contributed by atoms with Gasteiger partial charge in [0.1, 0.15) is 12.2 Å². The van der Waals surface area contributed by atoms with Gasteiger partial charge in [0.25, 0.3) is 0 Å². The van der Waals surface area contributed by atoms with Gasteiger partial charge in [-0.2, -0.15) is 0 Å². The molecule has 1 aliphatic rings. The van der Waals surface area contributed by atoms with E-state index in [1.54, 1.807) is 6.33 Å². The maximum absolute atomic E-state index is 9.50. The van der Waals surface area contributed by atoms with Gasteiger partial charge in [0.2, 0.25) is 0 Å². The topological polar surface area (TPSA) is 60.2 Å². The van der Waals surface area contributed by atoms with Crippen molar-refractivity contribution in [2.45, 2.75) is 12.5 Å². The zero-order chi connectivity index (χ0) is 9.26. The Morgan fingerprint density at radius 3 is 3.08 bits per heavy atom. The van der Waals surface area contributed by atoms with Gasteiger partial charge in [0.05, 0.1) is 19.3 Å². The molecule has 2 rings (SSSR count). The number of aromatic nitrogens is 3. The molecule has 2 unspecified atom stereocenters. The predicted octanol–water partition coefficient (Wildman–Crippen LogP) is -0.635. The SMILES string of the molecule is Cn1cnnc1CC1COCC1O. The molecule has 5 heteroatoms. The molecule has 5 nitrogen and oxygen atoms in total. The van der Waals surface area contributed by atoms with Gasteiger partial charge in [-0.05, 0) is 0 Å². The first-order valence-corrected chi connectivity index (χ1v) is 4.36. The standard InChI is InChI=1S/C8H13N3O2/c1-11-5-9-10-8(11)2-6-3-13-4-7(6)12/h5-7,12H,2-4H2,1H3. The molecular formula is C8H13N3O2. The zero-order valence-electron chi connectivity index (χ0n) is 7.55. The minimum atomic E-state index is -0.350. The Morgan fingerprint density at radius 2 is 2.54 bits per heavy atom. The van der Waals surface area contributed by atoms with Gasteiger partial charge in [-0.3, -0.25) is 0 Å². The molecule has 0 amide bonds. The summed E-state index contributed by atoms with van der Waals surface area (Å²) >= 11 is 0. The van der Waals surface area contributed by atoms with Crippen molar-refractivity contribution in [3.63, 3.8) is 0 Å². The first-order chi connectivity index (χ1) is 6.27. The molecule has 0 saturated carbocycles. The summed E-state index contributed by atoms with van der Waals surface area (Å²) in [6, 6.07) is 0. The number of hydrogen-bond acceptors (Lipinski definition) is 4. The lowest BCUT2D eigenvalue weighted by Crippen LogP contribution is -2.21. The summed E-state index contributed by atoms with van der Waals surface area (Å²) in [5.74, 6) is 1.07. The molecule has 0 aromatic carbocycles. The first-order valence-electron chi connectivity index (χ1n) is 4.36. The molecule has 1 aromatic rings. The van der Waals surface area contributed by atoms with Crippen molar-refractivity contribution in [3.05, 3.63) is 12.2 Å². The normalized spacial score (nSPS) is 28.2. The third-order valence-electron chi connectivity index (χ3n) is 2.41. The Hall–Kier alpha value is -0.940. The molecule has 0 radical (unpaired) electrons. The highest BCUT2D eigenvalue weighted by molar-refractivity contribution is 4.90. The number of hydrogen-bond donors (Lipinski definition) is 1. The Kier molecular flexibility index (Phi) is 2.28. The van der Waals surface area contributed by atoms with Crippen LogP contribution in [0.1, 0.15) is 5.82 Å². The number of aliphatic hydroxyl groups excluding tert-OH is 1. The fourth-order valence-corrected chi connectivity index (χ4v) is 1.51. The van der Waals surface area contributed by atoms with E-state index >= 15 is 0 Å². The van der Waals surface area contributed by atoms with Crippen molar-refractivity contribution in [1.29, 1.82) is 0 Å². The average Bonchev–Trinajstić information content (AvgIpc) is 2.65. The van der Waals surface area contributed by atoms with Gasteiger partial charge >= 0.3 is 0 Å². The van der Waals surface area contributed by atoms with E-state index in [-0.39, 0.29) is 12.0 Å². The Morgan fingerprint density at radius 1 is 1.69 bits per heavy atom. The molecule has 0 spiro atoms. The smallest absolute Gasteiger partial charge is 0.132 e. The van der Waals surface area contributed by atoms with E-state index in [2.05, 4.69) is 10.2 Å². The second-order valence-corrected chi connectivity index (χ2v) is 3.43. The fourth-order valence-electron chi connectivity index (χ4n) is 1.51. The number of aryl methyl sites for hydroxylation is 1. The minimum Gasteiger partial charge on any atom is -0.390 e. The monoisotopic (exact) mass is 183 g/mol. The maximum Gasteiger partial charge on any atom is 0.132 e. The predicted molar refractivity (Wildman–Crippen MR) is 45.0 cm³/mol. The third-order valence-corrected chi connectivity index (χ3v) is 2.41. The quantitative estimate of drug-likeness (QED) is 0.663. The molecule has 1 aromatic heterocycles. The van der Waals surface area contributed by atoms with Crippen LogP contribution in [0.5, 0.6) is 0 Å². The summed E-state index contributed by atoms with van der Waals surface area (Å²) in [7, 11) is 1.90. The molecule has 1 N–H and O–H groups in total. The molecule has 2 atom stereocenters. The number of ether oxygens (including phenoxy) is 1. The van der Waals surface area contributed by atoms with E-state index in [1.165, 1.54) is 0 Å². The van der Waals surface area contributed by atoms with E-state index in [9.17, 15) is 5.11 Å². The number of nitrogens with zero attached hydrogens (tertiary/aromatic N) is 3. The van der Waals surface area contributed by atoms with Gasteiger partial charge in [0, 0.05) is 19.4 Å². The second kappa shape index (κ2) is 3.43. The van der Waals surface area contributed by atoms with Gasteiger partial charge in [-0.25, -0.2) is 0 Å². The highest BCUT2D eigenvalue weighted by Gasteiger charge is 2.27. The van der Waals surface area contributed by atoms with Crippen molar-refractivity contribution < 1.29 is 9.84 Å².